The standard InChI is InChI=1S/C17H16N4O2/c1-23-16-4-2-3-14(9-16)17(22)20-15-7-5-13(6-8-15)10-21-12-18-11-19-21/h2-9,11-12H,10H2,1H3,(H,20,22). The highest BCUT2D eigenvalue weighted by Crippen LogP contribution is 2.15. The number of aromatic nitrogens is 3. The largest absolute Gasteiger partial charge is 0.497 e. The molecule has 0 aliphatic carbocycles. The van der Waals surface area contributed by atoms with Crippen molar-refractivity contribution in [2.75, 3.05) is 12.4 Å². The molecule has 6 heteroatoms. The molecule has 0 atom stereocenters. The average molecular weight is 308 g/mol. The lowest BCUT2D eigenvalue weighted by Gasteiger charge is -2.08. The van der Waals surface area contributed by atoms with Gasteiger partial charge in [-0.25, -0.2) is 9.67 Å². The average Bonchev–Trinajstić information content (AvgIpc) is 3.09. The molecule has 116 valence electrons. The number of hydrogen-bond donors (Lipinski definition) is 1. The van der Waals surface area contributed by atoms with E-state index < -0.39 is 0 Å². The van der Waals surface area contributed by atoms with E-state index in [2.05, 4.69) is 15.4 Å². The van der Waals surface area contributed by atoms with E-state index in [0.29, 0.717) is 17.9 Å². The maximum atomic E-state index is 12.2. The molecule has 0 spiro atoms. The first kappa shape index (κ1) is 14.8. The first-order valence-corrected chi connectivity index (χ1v) is 7.11. The minimum atomic E-state index is -0.173. The van der Waals surface area contributed by atoms with Crippen LogP contribution >= 0.6 is 0 Å². The summed E-state index contributed by atoms with van der Waals surface area (Å²) in [6.07, 6.45) is 3.17. The van der Waals surface area contributed by atoms with Gasteiger partial charge in [-0.3, -0.25) is 4.79 Å². The molecule has 2 aromatic carbocycles. The van der Waals surface area contributed by atoms with Gasteiger partial charge in [0.05, 0.1) is 13.7 Å². The molecule has 23 heavy (non-hydrogen) atoms. The van der Waals surface area contributed by atoms with Crippen LogP contribution in [0.25, 0.3) is 0 Å². The minimum absolute atomic E-state index is 0.173. The number of nitrogens with zero attached hydrogens (tertiary/aromatic N) is 3. The molecular weight excluding hydrogens is 292 g/mol. The zero-order valence-electron chi connectivity index (χ0n) is 12.6. The second kappa shape index (κ2) is 6.74. The molecule has 0 radical (unpaired) electrons. The van der Waals surface area contributed by atoms with E-state index in [1.165, 1.54) is 6.33 Å². The van der Waals surface area contributed by atoms with E-state index in [4.69, 9.17) is 4.74 Å². The molecule has 0 saturated heterocycles. The summed E-state index contributed by atoms with van der Waals surface area (Å²) < 4.78 is 6.87. The number of methoxy groups -OCH3 is 1. The first-order chi connectivity index (χ1) is 11.2. The van der Waals surface area contributed by atoms with Crippen LogP contribution in [0.5, 0.6) is 5.75 Å². The van der Waals surface area contributed by atoms with Crippen molar-refractivity contribution in [3.05, 3.63) is 72.3 Å². The summed E-state index contributed by atoms with van der Waals surface area (Å²) in [7, 11) is 1.57. The highest BCUT2D eigenvalue weighted by atomic mass is 16.5. The van der Waals surface area contributed by atoms with Gasteiger partial charge in [0.25, 0.3) is 5.91 Å². The van der Waals surface area contributed by atoms with Crippen molar-refractivity contribution < 1.29 is 9.53 Å². The van der Waals surface area contributed by atoms with Crippen LogP contribution < -0.4 is 10.1 Å². The Labute approximate surface area is 133 Å². The summed E-state index contributed by atoms with van der Waals surface area (Å²) >= 11 is 0. The van der Waals surface area contributed by atoms with Crippen molar-refractivity contribution in [2.24, 2.45) is 0 Å². The van der Waals surface area contributed by atoms with Crippen LogP contribution in [0.3, 0.4) is 0 Å². The van der Waals surface area contributed by atoms with Crippen molar-refractivity contribution in [1.29, 1.82) is 0 Å². The summed E-state index contributed by atoms with van der Waals surface area (Å²) in [5, 5.41) is 6.93. The number of anilines is 1. The smallest absolute Gasteiger partial charge is 0.255 e. The SMILES string of the molecule is COc1cccc(C(=O)Nc2ccc(Cn3cncn3)cc2)c1. The lowest BCUT2D eigenvalue weighted by molar-refractivity contribution is 0.102. The molecule has 3 aromatic rings. The number of carbonyl (C=O) groups is 1. The van der Waals surface area contributed by atoms with Gasteiger partial charge in [-0.1, -0.05) is 18.2 Å². The van der Waals surface area contributed by atoms with Crippen LogP contribution in [-0.2, 0) is 6.54 Å². The Balaban J connectivity index is 1.66. The van der Waals surface area contributed by atoms with Crippen molar-refractivity contribution in [3.63, 3.8) is 0 Å². The van der Waals surface area contributed by atoms with Crippen LogP contribution in [0.1, 0.15) is 15.9 Å². The second-order valence-electron chi connectivity index (χ2n) is 4.98. The van der Waals surface area contributed by atoms with Crippen LogP contribution in [0, 0.1) is 0 Å². The van der Waals surface area contributed by atoms with Gasteiger partial charge in [0.1, 0.15) is 18.4 Å². The molecule has 1 heterocycles. The zero-order valence-corrected chi connectivity index (χ0v) is 12.6. The van der Waals surface area contributed by atoms with Gasteiger partial charge in [-0.15, -0.1) is 0 Å². The van der Waals surface area contributed by atoms with E-state index in [0.717, 1.165) is 11.3 Å². The summed E-state index contributed by atoms with van der Waals surface area (Å²) in [5.41, 5.74) is 2.37. The number of amides is 1. The molecule has 0 aliphatic heterocycles. The molecule has 0 saturated carbocycles. The molecule has 0 fully saturated rings. The molecule has 0 bridgehead atoms. The van der Waals surface area contributed by atoms with Gasteiger partial charge < -0.3 is 10.1 Å². The normalized spacial score (nSPS) is 10.3. The van der Waals surface area contributed by atoms with Crippen molar-refractivity contribution >= 4 is 11.6 Å². The number of nitrogens with one attached hydrogen (secondary N) is 1. The molecule has 0 aliphatic rings. The van der Waals surface area contributed by atoms with Crippen LogP contribution in [0.2, 0.25) is 0 Å². The second-order valence-corrected chi connectivity index (χ2v) is 4.98. The van der Waals surface area contributed by atoms with E-state index >= 15 is 0 Å². The van der Waals surface area contributed by atoms with Gasteiger partial charge >= 0.3 is 0 Å². The number of ether oxygens (including phenoxy) is 1. The van der Waals surface area contributed by atoms with Gasteiger partial charge in [0, 0.05) is 11.3 Å². The lowest BCUT2D eigenvalue weighted by atomic mass is 10.1. The Kier molecular flexibility index (Phi) is 4.33. The maximum absolute atomic E-state index is 12.2. The fourth-order valence-corrected chi connectivity index (χ4v) is 2.16. The Bertz CT molecular complexity index is 783. The minimum Gasteiger partial charge on any atom is -0.497 e. The maximum Gasteiger partial charge on any atom is 0.255 e. The monoisotopic (exact) mass is 308 g/mol. The molecule has 3 rings (SSSR count). The quantitative estimate of drug-likeness (QED) is 0.786. The van der Waals surface area contributed by atoms with E-state index in [1.54, 1.807) is 42.4 Å². The third-order valence-corrected chi connectivity index (χ3v) is 3.35. The number of carbonyl (C=O) groups excluding carboxylic acids is 1. The third kappa shape index (κ3) is 3.74. The van der Waals surface area contributed by atoms with Gasteiger partial charge in [0.15, 0.2) is 0 Å². The first-order valence-electron chi connectivity index (χ1n) is 7.11. The fraction of sp³-hybridized carbons (Fsp3) is 0.118. The Morgan fingerprint density at radius 2 is 2.04 bits per heavy atom. The lowest BCUT2D eigenvalue weighted by Crippen LogP contribution is -2.12. The van der Waals surface area contributed by atoms with E-state index in [-0.39, 0.29) is 5.91 Å². The summed E-state index contributed by atoms with van der Waals surface area (Å²) in [6.45, 7) is 0.643. The molecule has 1 amide bonds. The van der Waals surface area contributed by atoms with Gasteiger partial charge in [-0.05, 0) is 35.9 Å². The fourth-order valence-electron chi connectivity index (χ4n) is 2.16. The molecular formula is C17H16N4O2. The molecule has 6 nitrogen and oxygen atoms in total. The van der Waals surface area contributed by atoms with Crippen LogP contribution in [0.4, 0.5) is 5.69 Å². The third-order valence-electron chi connectivity index (χ3n) is 3.35. The molecule has 1 aromatic heterocycles. The molecule has 1 N–H and O–H groups in total. The predicted octanol–water partition coefficient (Wildman–Crippen LogP) is 2.59. The van der Waals surface area contributed by atoms with Crippen molar-refractivity contribution in [2.45, 2.75) is 6.54 Å². The summed E-state index contributed by atoms with van der Waals surface area (Å²) in [5.74, 6) is 0.480. The number of hydrogen-bond acceptors (Lipinski definition) is 4. The number of benzene rings is 2. The van der Waals surface area contributed by atoms with E-state index in [9.17, 15) is 4.79 Å². The summed E-state index contributed by atoms with van der Waals surface area (Å²) in [4.78, 5) is 16.1. The Hall–Kier alpha value is -3.15. The molecule has 0 unspecified atom stereocenters. The summed E-state index contributed by atoms with van der Waals surface area (Å²) in [6, 6.07) is 14.7. The number of rotatable bonds is 5. The topological polar surface area (TPSA) is 69.0 Å². The van der Waals surface area contributed by atoms with Crippen molar-refractivity contribution in [3.8, 4) is 5.75 Å². The predicted molar refractivity (Wildman–Crippen MR) is 86.5 cm³/mol. The van der Waals surface area contributed by atoms with Crippen molar-refractivity contribution in [1.82, 2.24) is 14.8 Å². The zero-order chi connectivity index (χ0) is 16.1. The Morgan fingerprint density at radius 1 is 1.22 bits per heavy atom. The van der Waals surface area contributed by atoms with Gasteiger partial charge in [0.2, 0.25) is 0 Å². The van der Waals surface area contributed by atoms with Crippen LogP contribution in [0.15, 0.2) is 61.2 Å². The highest BCUT2D eigenvalue weighted by Gasteiger charge is 2.07. The van der Waals surface area contributed by atoms with Crippen LogP contribution in [-0.4, -0.2) is 27.8 Å². The Morgan fingerprint density at radius 3 is 2.74 bits per heavy atom. The highest BCUT2D eigenvalue weighted by molar-refractivity contribution is 6.04. The van der Waals surface area contributed by atoms with E-state index in [1.807, 2.05) is 24.3 Å². The van der Waals surface area contributed by atoms with Gasteiger partial charge in [-0.2, -0.15) is 5.10 Å².